The Hall–Kier alpha value is 0.566. The standard InChI is InChI=1S/C16H26O4S.K/c1-2-3-4-5-6-7-8-15-9-11-16(12-10-15)20-13-14-21(17,18)19;/h9-12H,2-8,13-14H2,1H3,(H,17,18,19);/q;+1/p-1. The van der Waals surface area contributed by atoms with E-state index >= 15 is 0 Å². The molecule has 1 aromatic rings. The van der Waals surface area contributed by atoms with Crippen molar-refractivity contribution in [3.8, 4) is 5.75 Å². The second kappa shape index (κ2) is 12.9. The maximum Gasteiger partial charge on any atom is 1.00 e. The average Bonchev–Trinajstić information content (AvgIpc) is 2.43. The first kappa shape index (κ1) is 22.6. The van der Waals surface area contributed by atoms with E-state index < -0.39 is 15.9 Å². The Balaban J connectivity index is 0.00000441. The first-order chi connectivity index (χ1) is 10.0. The number of unbranched alkanes of at least 4 members (excludes halogenated alkanes) is 5. The molecule has 0 bridgehead atoms. The topological polar surface area (TPSA) is 66.4 Å². The third-order valence-corrected chi connectivity index (χ3v) is 4.01. The third kappa shape index (κ3) is 12.0. The van der Waals surface area contributed by atoms with Crippen molar-refractivity contribution in [3.63, 3.8) is 0 Å². The molecule has 0 aromatic heterocycles. The van der Waals surface area contributed by atoms with E-state index in [9.17, 15) is 13.0 Å². The maximum atomic E-state index is 10.5. The molecule has 0 saturated heterocycles. The van der Waals surface area contributed by atoms with E-state index in [2.05, 4.69) is 6.92 Å². The summed E-state index contributed by atoms with van der Waals surface area (Å²) in [7, 11) is -4.20. The Morgan fingerprint density at radius 2 is 1.59 bits per heavy atom. The van der Waals surface area contributed by atoms with Crippen molar-refractivity contribution in [2.45, 2.75) is 51.9 Å². The van der Waals surface area contributed by atoms with Gasteiger partial charge in [-0.05, 0) is 30.5 Å². The molecular formula is C16H25KO4S. The molecule has 22 heavy (non-hydrogen) atoms. The van der Waals surface area contributed by atoms with Crippen molar-refractivity contribution >= 4 is 10.1 Å². The first-order valence-electron chi connectivity index (χ1n) is 7.66. The third-order valence-electron chi connectivity index (χ3n) is 3.34. The van der Waals surface area contributed by atoms with Crippen LogP contribution in [0, 0.1) is 0 Å². The van der Waals surface area contributed by atoms with Crippen LogP contribution >= 0.6 is 0 Å². The van der Waals surface area contributed by atoms with Gasteiger partial charge in [0.25, 0.3) is 0 Å². The Morgan fingerprint density at radius 1 is 1.00 bits per heavy atom. The van der Waals surface area contributed by atoms with Crippen LogP contribution in [0.1, 0.15) is 51.0 Å². The molecule has 0 heterocycles. The number of hydrogen-bond acceptors (Lipinski definition) is 4. The molecule has 0 unspecified atom stereocenters. The van der Waals surface area contributed by atoms with Crippen LogP contribution in [-0.4, -0.2) is 25.3 Å². The van der Waals surface area contributed by atoms with Crippen LogP contribution in [-0.2, 0) is 16.5 Å². The van der Waals surface area contributed by atoms with E-state index in [1.807, 2.05) is 24.3 Å². The molecule has 1 aromatic carbocycles. The maximum absolute atomic E-state index is 10.5. The summed E-state index contributed by atoms with van der Waals surface area (Å²) in [5, 5.41) is 0. The van der Waals surface area contributed by atoms with Gasteiger partial charge in [0.05, 0.1) is 15.9 Å². The Kier molecular flexibility index (Phi) is 13.3. The minimum Gasteiger partial charge on any atom is -0.748 e. The van der Waals surface area contributed by atoms with Crippen molar-refractivity contribution in [2.24, 2.45) is 0 Å². The van der Waals surface area contributed by atoms with Gasteiger partial charge in [-0.2, -0.15) is 0 Å². The SMILES string of the molecule is CCCCCCCCc1ccc(OCCS(=O)(=O)[O-])cc1.[K+]. The van der Waals surface area contributed by atoms with Gasteiger partial charge in [-0.25, -0.2) is 8.42 Å². The van der Waals surface area contributed by atoms with E-state index in [4.69, 9.17) is 4.74 Å². The average molecular weight is 353 g/mol. The van der Waals surface area contributed by atoms with Crippen molar-refractivity contribution in [1.82, 2.24) is 0 Å². The van der Waals surface area contributed by atoms with E-state index in [0.717, 1.165) is 6.42 Å². The molecule has 0 aliphatic rings. The molecule has 1 rings (SSSR count). The summed E-state index contributed by atoms with van der Waals surface area (Å²) < 4.78 is 36.6. The zero-order valence-corrected chi connectivity index (χ0v) is 17.7. The fourth-order valence-corrected chi connectivity index (χ4v) is 2.41. The summed E-state index contributed by atoms with van der Waals surface area (Å²) in [5.41, 5.74) is 1.26. The summed E-state index contributed by atoms with van der Waals surface area (Å²) in [6.07, 6.45) is 8.74. The quantitative estimate of drug-likeness (QED) is 0.331. The van der Waals surface area contributed by atoms with Gasteiger partial charge in [0, 0.05) is 0 Å². The van der Waals surface area contributed by atoms with Gasteiger partial charge >= 0.3 is 51.4 Å². The molecule has 0 amide bonds. The number of rotatable bonds is 11. The fraction of sp³-hybridized carbons (Fsp3) is 0.625. The molecule has 0 saturated carbocycles. The Morgan fingerprint density at radius 3 is 2.18 bits per heavy atom. The predicted octanol–water partition coefficient (Wildman–Crippen LogP) is 0.518. The number of benzene rings is 1. The van der Waals surface area contributed by atoms with Crippen LogP contribution < -0.4 is 56.1 Å². The van der Waals surface area contributed by atoms with E-state index in [1.165, 1.54) is 44.1 Å². The summed E-state index contributed by atoms with van der Waals surface area (Å²) in [4.78, 5) is 0. The zero-order chi connectivity index (χ0) is 15.6. The molecular weight excluding hydrogens is 327 g/mol. The van der Waals surface area contributed by atoms with Gasteiger partial charge in [-0.3, -0.25) is 0 Å². The molecule has 120 valence electrons. The minimum atomic E-state index is -4.20. The van der Waals surface area contributed by atoms with Crippen LogP contribution in [0.3, 0.4) is 0 Å². The van der Waals surface area contributed by atoms with Crippen LogP contribution in [0.15, 0.2) is 24.3 Å². The van der Waals surface area contributed by atoms with Crippen molar-refractivity contribution < 1.29 is 69.1 Å². The fourth-order valence-electron chi connectivity index (χ4n) is 2.12. The molecule has 0 atom stereocenters. The summed E-state index contributed by atoms with van der Waals surface area (Å²) in [6.45, 7) is 2.12. The number of hydrogen-bond donors (Lipinski definition) is 0. The monoisotopic (exact) mass is 352 g/mol. The van der Waals surface area contributed by atoms with E-state index in [0.29, 0.717) is 5.75 Å². The van der Waals surface area contributed by atoms with E-state index in [1.54, 1.807) is 0 Å². The molecule has 0 aliphatic heterocycles. The molecule has 6 heteroatoms. The van der Waals surface area contributed by atoms with Crippen LogP contribution in [0.4, 0.5) is 0 Å². The van der Waals surface area contributed by atoms with Crippen molar-refractivity contribution in [3.05, 3.63) is 29.8 Å². The normalized spacial score (nSPS) is 11.0. The molecule has 4 nitrogen and oxygen atoms in total. The summed E-state index contributed by atoms with van der Waals surface area (Å²) in [6, 6.07) is 7.63. The van der Waals surface area contributed by atoms with Crippen molar-refractivity contribution in [2.75, 3.05) is 12.4 Å². The molecule has 0 aliphatic carbocycles. The molecule has 0 fully saturated rings. The molecule has 0 N–H and O–H groups in total. The zero-order valence-electron chi connectivity index (χ0n) is 13.7. The van der Waals surface area contributed by atoms with Crippen molar-refractivity contribution in [1.29, 1.82) is 0 Å². The van der Waals surface area contributed by atoms with Gasteiger partial charge in [0.2, 0.25) is 0 Å². The first-order valence-corrected chi connectivity index (χ1v) is 9.24. The smallest absolute Gasteiger partial charge is 0.748 e. The molecule has 0 radical (unpaired) electrons. The largest absolute Gasteiger partial charge is 1.00 e. The van der Waals surface area contributed by atoms with Gasteiger partial charge < -0.3 is 9.29 Å². The number of ether oxygens (including phenoxy) is 1. The molecule has 0 spiro atoms. The van der Waals surface area contributed by atoms with Gasteiger partial charge in [0.1, 0.15) is 12.4 Å². The van der Waals surface area contributed by atoms with E-state index in [-0.39, 0.29) is 58.0 Å². The summed E-state index contributed by atoms with van der Waals surface area (Å²) in [5.74, 6) is 0.109. The van der Waals surface area contributed by atoms with Gasteiger partial charge in [0.15, 0.2) is 0 Å². The Bertz CT molecular complexity index is 485. The van der Waals surface area contributed by atoms with Crippen LogP contribution in [0.5, 0.6) is 5.75 Å². The van der Waals surface area contributed by atoms with Gasteiger partial charge in [-0.15, -0.1) is 0 Å². The second-order valence-electron chi connectivity index (χ2n) is 5.27. The predicted molar refractivity (Wildman–Crippen MR) is 83.6 cm³/mol. The number of aryl methyl sites for hydroxylation is 1. The van der Waals surface area contributed by atoms with Gasteiger partial charge in [-0.1, -0.05) is 51.2 Å². The Labute approximate surface area is 177 Å². The minimum absolute atomic E-state index is 0. The van der Waals surface area contributed by atoms with Crippen LogP contribution in [0.25, 0.3) is 0 Å². The second-order valence-corrected chi connectivity index (χ2v) is 6.80. The van der Waals surface area contributed by atoms with Crippen LogP contribution in [0.2, 0.25) is 0 Å². The summed E-state index contributed by atoms with van der Waals surface area (Å²) >= 11 is 0.